The molecule has 2 fully saturated rings. The van der Waals surface area contributed by atoms with Crippen LogP contribution in [0.15, 0.2) is 24.3 Å². The minimum atomic E-state index is -1.77. The summed E-state index contributed by atoms with van der Waals surface area (Å²) in [6, 6.07) is 6.73. The fourth-order valence-electron chi connectivity index (χ4n) is 3.02. The number of ether oxygens (including phenoxy) is 3. The number of benzene rings is 1. The highest BCUT2D eigenvalue weighted by Gasteiger charge is 2.48. The number of carboxylic acids is 1. The number of hydrogen-bond donors (Lipinski definition) is 4. The van der Waals surface area contributed by atoms with Crippen LogP contribution < -0.4 is 4.74 Å². The minimum Gasteiger partial charge on any atom is -0.479 e. The van der Waals surface area contributed by atoms with E-state index < -0.39 is 36.7 Å². The van der Waals surface area contributed by atoms with Crippen LogP contribution in [0.2, 0.25) is 0 Å². The lowest BCUT2D eigenvalue weighted by Crippen LogP contribution is -2.61. The van der Waals surface area contributed by atoms with Gasteiger partial charge in [0, 0.05) is 12.8 Å². The second-order valence-corrected chi connectivity index (χ2v) is 6.36. The van der Waals surface area contributed by atoms with Crippen LogP contribution in [0.3, 0.4) is 0 Å². The number of aliphatic hydroxyl groups excluding tert-OH is 3. The third-order valence-electron chi connectivity index (χ3n) is 4.40. The van der Waals surface area contributed by atoms with Gasteiger partial charge >= 0.3 is 11.9 Å². The van der Waals surface area contributed by atoms with Gasteiger partial charge in [-0.15, -0.1) is 0 Å². The van der Waals surface area contributed by atoms with E-state index in [0.717, 1.165) is 5.56 Å². The summed E-state index contributed by atoms with van der Waals surface area (Å²) < 4.78 is 15.7. The highest BCUT2D eigenvalue weighted by molar-refractivity contribution is 5.73. The Morgan fingerprint density at radius 1 is 1.19 bits per heavy atom. The average Bonchev–Trinajstić information content (AvgIpc) is 3.00. The van der Waals surface area contributed by atoms with Crippen molar-refractivity contribution < 1.29 is 44.2 Å². The lowest BCUT2D eigenvalue weighted by molar-refractivity contribution is -0.271. The third-order valence-corrected chi connectivity index (χ3v) is 4.40. The maximum absolute atomic E-state index is 11.2. The smallest absolute Gasteiger partial charge is 0.335 e. The number of rotatable bonds is 5. The van der Waals surface area contributed by atoms with Crippen LogP contribution in [0, 0.1) is 0 Å². The number of carbonyl (C=O) groups excluding carboxylic acids is 1. The first-order chi connectivity index (χ1) is 12.3. The molecule has 2 aliphatic heterocycles. The Labute approximate surface area is 148 Å². The van der Waals surface area contributed by atoms with E-state index in [4.69, 9.17) is 19.3 Å². The predicted octanol–water partition coefficient (Wildman–Crippen LogP) is -0.794. The topological polar surface area (TPSA) is 143 Å². The first kappa shape index (κ1) is 18.6. The normalized spacial score (nSPS) is 34.3. The third kappa shape index (κ3) is 3.96. The van der Waals surface area contributed by atoms with E-state index in [1.807, 2.05) is 6.07 Å². The molecular formula is C17H20O9. The van der Waals surface area contributed by atoms with Crippen LogP contribution in [0.4, 0.5) is 0 Å². The van der Waals surface area contributed by atoms with Gasteiger partial charge in [-0.25, -0.2) is 4.79 Å². The molecule has 0 radical (unpaired) electrons. The number of cyclic esters (lactones) is 1. The molecule has 0 amide bonds. The minimum absolute atomic E-state index is 0.206. The lowest BCUT2D eigenvalue weighted by atomic mass is 9.99. The zero-order chi connectivity index (χ0) is 18.8. The molecule has 0 aliphatic carbocycles. The van der Waals surface area contributed by atoms with Crippen LogP contribution >= 0.6 is 0 Å². The van der Waals surface area contributed by atoms with Crippen molar-refractivity contribution in [2.45, 2.75) is 56.1 Å². The van der Waals surface area contributed by atoms with Crippen molar-refractivity contribution in [1.29, 1.82) is 0 Å². The summed E-state index contributed by atoms with van der Waals surface area (Å²) >= 11 is 0. The van der Waals surface area contributed by atoms with E-state index in [9.17, 15) is 24.9 Å². The highest BCUT2D eigenvalue weighted by atomic mass is 16.7. The van der Waals surface area contributed by atoms with Gasteiger partial charge in [0.15, 0.2) is 6.10 Å². The van der Waals surface area contributed by atoms with E-state index in [1.54, 1.807) is 18.2 Å². The van der Waals surface area contributed by atoms with E-state index in [1.165, 1.54) is 0 Å². The Morgan fingerprint density at radius 2 is 1.96 bits per heavy atom. The molecule has 6 atom stereocenters. The number of esters is 1. The van der Waals surface area contributed by atoms with Gasteiger partial charge in [0.2, 0.25) is 6.29 Å². The molecule has 0 unspecified atom stereocenters. The quantitative estimate of drug-likeness (QED) is 0.491. The van der Waals surface area contributed by atoms with Gasteiger partial charge in [-0.05, 0) is 24.1 Å². The van der Waals surface area contributed by atoms with E-state index in [2.05, 4.69) is 0 Å². The molecule has 0 aromatic heterocycles. The maximum Gasteiger partial charge on any atom is 0.335 e. The van der Waals surface area contributed by atoms with Crippen molar-refractivity contribution >= 4 is 11.9 Å². The van der Waals surface area contributed by atoms with Crippen molar-refractivity contribution in [2.75, 3.05) is 0 Å². The second-order valence-electron chi connectivity index (χ2n) is 6.36. The average molecular weight is 368 g/mol. The maximum atomic E-state index is 11.2. The van der Waals surface area contributed by atoms with Crippen LogP contribution in [-0.2, 0) is 25.5 Å². The largest absolute Gasteiger partial charge is 0.479 e. The molecule has 9 nitrogen and oxygen atoms in total. The molecule has 9 heteroatoms. The van der Waals surface area contributed by atoms with Crippen molar-refractivity contribution in [3.05, 3.63) is 29.8 Å². The SMILES string of the molecule is O=C1CC[C@H](Cc2cccc(O[C@@H]3O[C@H](C(=O)O)[C@@H](O)[C@H](O)[C@H]3O)c2)O1. The van der Waals surface area contributed by atoms with Gasteiger partial charge in [0.25, 0.3) is 0 Å². The Balaban J connectivity index is 1.68. The highest BCUT2D eigenvalue weighted by Crippen LogP contribution is 2.26. The standard InChI is InChI=1S/C17H20O9/c18-11-5-4-10(24-11)7-8-2-1-3-9(6-8)25-17-14(21)12(19)13(20)15(26-17)16(22)23/h1-3,6,10,12-15,17,19-21H,4-5,7H2,(H,22,23)/t10-,12+,13+,14-,15+,17-/m1/s1. The van der Waals surface area contributed by atoms with E-state index in [-0.39, 0.29) is 17.8 Å². The zero-order valence-electron chi connectivity index (χ0n) is 13.7. The number of carbonyl (C=O) groups is 2. The fraction of sp³-hybridized carbons (Fsp3) is 0.529. The van der Waals surface area contributed by atoms with E-state index in [0.29, 0.717) is 19.3 Å². The molecular weight excluding hydrogens is 348 g/mol. The molecule has 4 N–H and O–H groups in total. The van der Waals surface area contributed by atoms with Crippen LogP contribution in [0.25, 0.3) is 0 Å². The summed E-state index contributed by atoms with van der Waals surface area (Å²) in [4.78, 5) is 22.3. The molecule has 142 valence electrons. The fourth-order valence-corrected chi connectivity index (χ4v) is 3.02. The first-order valence-corrected chi connectivity index (χ1v) is 8.22. The summed E-state index contributed by atoms with van der Waals surface area (Å²) in [5.41, 5.74) is 0.822. The lowest BCUT2D eigenvalue weighted by Gasteiger charge is -2.38. The van der Waals surface area contributed by atoms with Crippen LogP contribution in [0.1, 0.15) is 18.4 Å². The van der Waals surface area contributed by atoms with E-state index >= 15 is 0 Å². The van der Waals surface area contributed by atoms with Gasteiger partial charge in [-0.2, -0.15) is 0 Å². The number of aliphatic carboxylic acids is 1. The summed E-state index contributed by atoms with van der Waals surface area (Å²) in [6.07, 6.45) is -6.99. The molecule has 2 aliphatic rings. The molecule has 0 spiro atoms. The number of carboxylic acid groups (broad SMARTS) is 1. The first-order valence-electron chi connectivity index (χ1n) is 8.22. The summed E-state index contributed by atoms with van der Waals surface area (Å²) in [6.45, 7) is 0. The van der Waals surface area contributed by atoms with Crippen LogP contribution in [0.5, 0.6) is 5.75 Å². The molecule has 1 aromatic carbocycles. The Bertz CT molecular complexity index is 676. The molecule has 2 heterocycles. The number of hydrogen-bond acceptors (Lipinski definition) is 8. The summed E-state index contributed by atoms with van der Waals surface area (Å²) in [5.74, 6) is -1.43. The molecule has 2 saturated heterocycles. The van der Waals surface area contributed by atoms with Gasteiger partial charge in [-0.3, -0.25) is 4.79 Å². The van der Waals surface area contributed by atoms with Gasteiger partial charge < -0.3 is 34.6 Å². The molecule has 1 aromatic rings. The Morgan fingerprint density at radius 3 is 2.62 bits per heavy atom. The predicted molar refractivity (Wildman–Crippen MR) is 84.2 cm³/mol. The summed E-state index contributed by atoms with van der Waals surface area (Å²) in [7, 11) is 0. The molecule has 0 bridgehead atoms. The summed E-state index contributed by atoms with van der Waals surface area (Å²) in [5, 5.41) is 38.5. The van der Waals surface area contributed by atoms with Gasteiger partial charge in [0.1, 0.15) is 30.2 Å². The van der Waals surface area contributed by atoms with Gasteiger partial charge in [-0.1, -0.05) is 12.1 Å². The monoisotopic (exact) mass is 368 g/mol. The Kier molecular flexibility index (Phi) is 5.42. The zero-order valence-corrected chi connectivity index (χ0v) is 13.7. The molecule has 3 rings (SSSR count). The van der Waals surface area contributed by atoms with Crippen molar-refractivity contribution in [3.8, 4) is 5.75 Å². The second kappa shape index (κ2) is 7.58. The molecule has 0 saturated carbocycles. The molecule has 26 heavy (non-hydrogen) atoms. The van der Waals surface area contributed by atoms with Crippen molar-refractivity contribution in [2.24, 2.45) is 0 Å². The van der Waals surface area contributed by atoms with Crippen molar-refractivity contribution in [1.82, 2.24) is 0 Å². The van der Waals surface area contributed by atoms with Crippen molar-refractivity contribution in [3.63, 3.8) is 0 Å². The Hall–Kier alpha value is -2.20. The van der Waals surface area contributed by atoms with Gasteiger partial charge in [0.05, 0.1) is 0 Å². The van der Waals surface area contributed by atoms with Crippen LogP contribution in [-0.4, -0.2) is 69.2 Å². The number of aliphatic hydroxyl groups is 3.